The molecule has 0 aliphatic heterocycles. The molecule has 2 aromatic rings. The largest absolute Gasteiger partial charge is 0.463 e. The first-order chi connectivity index (χ1) is 7.78. The average Bonchev–Trinajstić information content (AvgIpc) is 2.88. The summed E-state index contributed by atoms with van der Waals surface area (Å²) in [5.74, 6) is 1.78. The quantitative estimate of drug-likeness (QED) is 0.838. The molecule has 0 fully saturated rings. The molecule has 0 atom stereocenters. The molecular weight excluding hydrogens is 220 g/mol. The molecule has 0 amide bonds. The van der Waals surface area contributed by atoms with Crippen LogP contribution >= 0.6 is 11.3 Å². The van der Waals surface area contributed by atoms with Gasteiger partial charge < -0.3 is 15.5 Å². The molecule has 0 aliphatic carbocycles. The second-order valence-corrected chi connectivity index (χ2v) is 5.06. The van der Waals surface area contributed by atoms with Gasteiger partial charge in [-0.1, -0.05) is 0 Å². The minimum Gasteiger partial charge on any atom is -0.463 e. The third kappa shape index (κ3) is 2.95. The molecule has 16 heavy (non-hydrogen) atoms. The summed E-state index contributed by atoms with van der Waals surface area (Å²) < 4.78 is 5.49. The first-order valence-electron chi connectivity index (χ1n) is 5.31. The Morgan fingerprint density at radius 3 is 2.62 bits per heavy atom. The van der Waals surface area contributed by atoms with Crippen LogP contribution in [0.15, 0.2) is 28.7 Å². The molecule has 0 saturated carbocycles. The predicted octanol–water partition coefficient (Wildman–Crippen LogP) is 2.40. The zero-order valence-electron chi connectivity index (χ0n) is 9.32. The van der Waals surface area contributed by atoms with Gasteiger partial charge in [0, 0.05) is 16.3 Å². The highest BCUT2D eigenvalue weighted by molar-refractivity contribution is 7.11. The molecule has 0 unspecified atom stereocenters. The summed E-state index contributed by atoms with van der Waals surface area (Å²) in [4.78, 5) is 2.70. The minimum atomic E-state index is 0.462. The Balaban J connectivity index is 1.79. The highest BCUT2D eigenvalue weighted by Gasteiger charge is 2.01. The van der Waals surface area contributed by atoms with E-state index < -0.39 is 0 Å². The van der Waals surface area contributed by atoms with Gasteiger partial charge in [-0.05, 0) is 31.2 Å². The number of furan rings is 1. The topological polar surface area (TPSA) is 51.2 Å². The fourth-order valence-corrected chi connectivity index (χ4v) is 2.38. The van der Waals surface area contributed by atoms with Crippen molar-refractivity contribution in [1.29, 1.82) is 0 Å². The van der Waals surface area contributed by atoms with Gasteiger partial charge in [-0.3, -0.25) is 0 Å². The van der Waals surface area contributed by atoms with Gasteiger partial charge in [0.2, 0.25) is 0 Å². The van der Waals surface area contributed by atoms with E-state index in [1.165, 1.54) is 9.75 Å². The van der Waals surface area contributed by atoms with Crippen molar-refractivity contribution in [3.63, 3.8) is 0 Å². The van der Waals surface area contributed by atoms with Crippen LogP contribution in [-0.2, 0) is 19.6 Å². The minimum absolute atomic E-state index is 0.462. The maximum Gasteiger partial charge on any atom is 0.118 e. The molecule has 2 aromatic heterocycles. The summed E-state index contributed by atoms with van der Waals surface area (Å²) in [6, 6.07) is 8.18. The highest BCUT2D eigenvalue weighted by atomic mass is 32.1. The molecule has 0 saturated heterocycles. The SMILES string of the molecule is Cc1ccc(CNCc2ccc(CN)o2)s1. The van der Waals surface area contributed by atoms with Gasteiger partial charge in [0.1, 0.15) is 11.5 Å². The van der Waals surface area contributed by atoms with Gasteiger partial charge in [0.15, 0.2) is 0 Å². The van der Waals surface area contributed by atoms with E-state index in [2.05, 4.69) is 24.4 Å². The molecule has 4 heteroatoms. The van der Waals surface area contributed by atoms with Crippen LogP contribution in [0.4, 0.5) is 0 Å². The van der Waals surface area contributed by atoms with Gasteiger partial charge in [-0.25, -0.2) is 0 Å². The van der Waals surface area contributed by atoms with E-state index in [-0.39, 0.29) is 0 Å². The Hall–Kier alpha value is -1.10. The number of hydrogen-bond acceptors (Lipinski definition) is 4. The molecule has 2 rings (SSSR count). The Morgan fingerprint density at radius 2 is 2.00 bits per heavy atom. The van der Waals surface area contributed by atoms with Gasteiger partial charge >= 0.3 is 0 Å². The molecular formula is C12H16N2OS. The lowest BCUT2D eigenvalue weighted by Gasteiger charge is -1.99. The summed E-state index contributed by atoms with van der Waals surface area (Å²) in [6.07, 6.45) is 0. The Labute approximate surface area is 99.3 Å². The summed E-state index contributed by atoms with van der Waals surface area (Å²) in [5.41, 5.74) is 5.47. The van der Waals surface area contributed by atoms with E-state index in [1.807, 2.05) is 23.5 Å². The van der Waals surface area contributed by atoms with E-state index in [0.29, 0.717) is 6.54 Å². The third-order valence-corrected chi connectivity index (χ3v) is 3.31. The van der Waals surface area contributed by atoms with Gasteiger partial charge in [-0.2, -0.15) is 0 Å². The maximum atomic E-state index is 5.49. The molecule has 2 heterocycles. The number of nitrogens with one attached hydrogen (secondary N) is 1. The van der Waals surface area contributed by atoms with Crippen molar-refractivity contribution < 1.29 is 4.42 Å². The summed E-state index contributed by atoms with van der Waals surface area (Å²) in [5, 5.41) is 3.34. The van der Waals surface area contributed by atoms with Crippen LogP contribution in [0.2, 0.25) is 0 Å². The predicted molar refractivity (Wildman–Crippen MR) is 66.2 cm³/mol. The molecule has 0 radical (unpaired) electrons. The van der Waals surface area contributed by atoms with Crippen molar-refractivity contribution >= 4 is 11.3 Å². The summed E-state index contributed by atoms with van der Waals surface area (Å²) >= 11 is 1.82. The van der Waals surface area contributed by atoms with Crippen LogP contribution < -0.4 is 11.1 Å². The van der Waals surface area contributed by atoms with E-state index in [9.17, 15) is 0 Å². The van der Waals surface area contributed by atoms with Crippen molar-refractivity contribution in [3.8, 4) is 0 Å². The molecule has 0 aromatic carbocycles. The number of rotatable bonds is 5. The van der Waals surface area contributed by atoms with Crippen molar-refractivity contribution in [2.75, 3.05) is 0 Å². The molecule has 0 bridgehead atoms. The number of thiophene rings is 1. The van der Waals surface area contributed by atoms with Crippen LogP contribution in [0, 0.1) is 6.92 Å². The van der Waals surface area contributed by atoms with Gasteiger partial charge in [0.05, 0.1) is 13.1 Å². The second kappa shape index (κ2) is 5.30. The smallest absolute Gasteiger partial charge is 0.118 e. The van der Waals surface area contributed by atoms with Crippen molar-refractivity contribution in [1.82, 2.24) is 5.32 Å². The van der Waals surface area contributed by atoms with Crippen LogP contribution in [0.5, 0.6) is 0 Å². The van der Waals surface area contributed by atoms with Crippen molar-refractivity contribution in [2.24, 2.45) is 5.73 Å². The Morgan fingerprint density at radius 1 is 1.19 bits per heavy atom. The zero-order valence-corrected chi connectivity index (χ0v) is 10.1. The van der Waals surface area contributed by atoms with Gasteiger partial charge in [0.25, 0.3) is 0 Å². The normalized spacial score (nSPS) is 10.9. The van der Waals surface area contributed by atoms with Crippen molar-refractivity contribution in [2.45, 2.75) is 26.6 Å². The molecule has 0 aliphatic rings. The first-order valence-corrected chi connectivity index (χ1v) is 6.13. The summed E-state index contributed by atoms with van der Waals surface area (Å²) in [7, 11) is 0. The average molecular weight is 236 g/mol. The molecule has 0 spiro atoms. The Bertz CT molecular complexity index is 447. The van der Waals surface area contributed by atoms with Crippen molar-refractivity contribution in [3.05, 3.63) is 45.5 Å². The first kappa shape index (κ1) is 11.4. The third-order valence-electron chi connectivity index (χ3n) is 2.31. The van der Waals surface area contributed by atoms with Crippen LogP contribution in [0.1, 0.15) is 21.3 Å². The standard InChI is InChI=1S/C12H16N2OS/c1-9-2-5-12(16-9)8-14-7-11-4-3-10(6-13)15-11/h2-5,14H,6-8,13H2,1H3. The van der Waals surface area contributed by atoms with Gasteiger partial charge in [-0.15, -0.1) is 11.3 Å². The number of nitrogens with two attached hydrogens (primary N) is 1. The van der Waals surface area contributed by atoms with E-state index >= 15 is 0 Å². The van der Waals surface area contributed by atoms with E-state index in [4.69, 9.17) is 10.2 Å². The molecule has 3 nitrogen and oxygen atoms in total. The monoisotopic (exact) mass is 236 g/mol. The van der Waals surface area contributed by atoms with E-state index in [0.717, 1.165) is 24.6 Å². The fourth-order valence-electron chi connectivity index (χ4n) is 1.52. The Kier molecular flexibility index (Phi) is 3.77. The molecule has 3 N–H and O–H groups in total. The lowest BCUT2D eigenvalue weighted by Crippen LogP contribution is -2.11. The highest BCUT2D eigenvalue weighted by Crippen LogP contribution is 2.14. The lowest BCUT2D eigenvalue weighted by molar-refractivity contribution is 0.448. The van der Waals surface area contributed by atoms with E-state index in [1.54, 1.807) is 0 Å². The van der Waals surface area contributed by atoms with Crippen LogP contribution in [0.25, 0.3) is 0 Å². The maximum absolute atomic E-state index is 5.49. The zero-order chi connectivity index (χ0) is 11.4. The van der Waals surface area contributed by atoms with Crippen LogP contribution in [-0.4, -0.2) is 0 Å². The number of aryl methyl sites for hydroxylation is 1. The fraction of sp³-hybridized carbons (Fsp3) is 0.333. The summed E-state index contributed by atoms with van der Waals surface area (Å²) in [6.45, 7) is 4.21. The number of hydrogen-bond donors (Lipinski definition) is 2. The van der Waals surface area contributed by atoms with Crippen LogP contribution in [0.3, 0.4) is 0 Å². The molecule has 86 valence electrons. The lowest BCUT2D eigenvalue weighted by atomic mass is 10.4. The second-order valence-electron chi connectivity index (χ2n) is 3.69.